The number of amides is 1. The third-order valence-electron chi connectivity index (χ3n) is 2.84. The minimum absolute atomic E-state index is 0.137. The summed E-state index contributed by atoms with van der Waals surface area (Å²) in [5.41, 5.74) is 0.760. The predicted molar refractivity (Wildman–Crippen MR) is 75.4 cm³/mol. The molecular formula is C14H15N5O2. The van der Waals surface area contributed by atoms with Crippen molar-refractivity contribution in [2.75, 3.05) is 13.2 Å². The lowest BCUT2D eigenvalue weighted by molar-refractivity contribution is -0.126. The minimum atomic E-state index is -0.137. The van der Waals surface area contributed by atoms with Gasteiger partial charge in [0, 0.05) is 24.8 Å². The first kappa shape index (κ1) is 14.7. The average molecular weight is 285 g/mol. The Morgan fingerprint density at radius 3 is 2.95 bits per heavy atom. The van der Waals surface area contributed by atoms with E-state index in [-0.39, 0.29) is 11.6 Å². The number of nitrogens with zero attached hydrogens (tertiary/aromatic N) is 5. The molecule has 21 heavy (non-hydrogen) atoms. The molecule has 7 nitrogen and oxygen atoms in total. The fourth-order valence-electron chi connectivity index (χ4n) is 1.75. The Hall–Kier alpha value is -2.75. The van der Waals surface area contributed by atoms with Crippen LogP contribution in [0.3, 0.4) is 0 Å². The van der Waals surface area contributed by atoms with Crippen molar-refractivity contribution >= 4 is 12.1 Å². The Morgan fingerprint density at radius 1 is 1.48 bits per heavy atom. The smallest absolute Gasteiger partial charge is 0.269 e. The summed E-state index contributed by atoms with van der Waals surface area (Å²) in [5, 5.41) is 14.0. The summed E-state index contributed by atoms with van der Waals surface area (Å²) in [5.74, 6) is 0.219. The van der Waals surface area contributed by atoms with Gasteiger partial charge in [0.05, 0.1) is 19.0 Å². The van der Waals surface area contributed by atoms with Crippen LogP contribution in [0.1, 0.15) is 25.0 Å². The number of aromatic nitrogens is 2. The van der Waals surface area contributed by atoms with E-state index in [2.05, 4.69) is 21.6 Å². The second kappa shape index (κ2) is 7.14. The van der Waals surface area contributed by atoms with Crippen molar-refractivity contribution in [1.29, 1.82) is 5.26 Å². The number of rotatable bonds is 6. The van der Waals surface area contributed by atoms with Crippen molar-refractivity contribution in [1.82, 2.24) is 15.0 Å². The van der Waals surface area contributed by atoms with Gasteiger partial charge in [0.15, 0.2) is 5.69 Å². The SMILES string of the molecule is C=C(CCCOc1cnc(C#N)cn1)C(=O)N1CCC=N1. The van der Waals surface area contributed by atoms with Gasteiger partial charge in [0.25, 0.3) is 5.91 Å². The third-order valence-corrected chi connectivity index (χ3v) is 2.84. The molecule has 108 valence electrons. The number of hydrogen-bond donors (Lipinski definition) is 0. The van der Waals surface area contributed by atoms with Gasteiger partial charge in [-0.05, 0) is 12.8 Å². The topological polar surface area (TPSA) is 91.5 Å². The van der Waals surface area contributed by atoms with Crippen LogP contribution in [0.15, 0.2) is 29.6 Å². The number of hydrogen-bond acceptors (Lipinski definition) is 6. The zero-order valence-electron chi connectivity index (χ0n) is 11.5. The molecule has 1 aromatic rings. The second-order valence-corrected chi connectivity index (χ2v) is 4.42. The maximum absolute atomic E-state index is 11.9. The van der Waals surface area contributed by atoms with E-state index >= 15 is 0 Å². The number of nitriles is 1. The molecule has 1 aliphatic heterocycles. The Kier molecular flexibility index (Phi) is 4.99. The molecule has 1 aromatic heterocycles. The third kappa shape index (κ3) is 4.11. The van der Waals surface area contributed by atoms with Crippen LogP contribution in [0.5, 0.6) is 5.88 Å². The molecule has 1 amide bonds. The second-order valence-electron chi connectivity index (χ2n) is 4.42. The van der Waals surface area contributed by atoms with Crippen LogP contribution in [0.2, 0.25) is 0 Å². The van der Waals surface area contributed by atoms with E-state index < -0.39 is 0 Å². The quantitative estimate of drug-likeness (QED) is 0.580. The molecule has 0 saturated heterocycles. The van der Waals surface area contributed by atoms with E-state index in [0.717, 1.165) is 6.42 Å². The Bertz CT molecular complexity index is 588. The van der Waals surface area contributed by atoms with Gasteiger partial charge < -0.3 is 4.74 Å². The monoisotopic (exact) mass is 285 g/mol. The predicted octanol–water partition coefficient (Wildman–Crippen LogP) is 1.28. The summed E-state index contributed by atoms with van der Waals surface area (Å²) in [6.45, 7) is 4.80. The first-order chi connectivity index (χ1) is 10.2. The highest BCUT2D eigenvalue weighted by Crippen LogP contribution is 2.11. The van der Waals surface area contributed by atoms with Gasteiger partial charge in [-0.3, -0.25) is 4.79 Å². The average Bonchev–Trinajstić information content (AvgIpc) is 3.05. The number of carbonyl (C=O) groups is 1. The van der Waals surface area contributed by atoms with Crippen LogP contribution in [0.4, 0.5) is 0 Å². The van der Waals surface area contributed by atoms with Gasteiger partial charge in [-0.1, -0.05) is 6.58 Å². The number of hydrazone groups is 1. The maximum atomic E-state index is 11.9. The van der Waals surface area contributed by atoms with Crippen molar-refractivity contribution in [3.63, 3.8) is 0 Å². The molecule has 7 heteroatoms. The molecule has 2 rings (SSSR count). The van der Waals surface area contributed by atoms with Gasteiger partial charge in [-0.25, -0.2) is 15.0 Å². The molecule has 0 N–H and O–H groups in total. The molecule has 0 fully saturated rings. The largest absolute Gasteiger partial charge is 0.477 e. The van der Waals surface area contributed by atoms with Gasteiger partial charge in [-0.2, -0.15) is 10.4 Å². The minimum Gasteiger partial charge on any atom is -0.477 e. The summed E-state index contributed by atoms with van der Waals surface area (Å²) in [4.78, 5) is 19.7. The molecule has 0 radical (unpaired) electrons. The van der Waals surface area contributed by atoms with Crippen LogP contribution < -0.4 is 4.74 Å². The fraction of sp³-hybridized carbons (Fsp3) is 0.357. The Balaban J connectivity index is 1.69. The van der Waals surface area contributed by atoms with E-state index in [1.54, 1.807) is 6.21 Å². The van der Waals surface area contributed by atoms with E-state index in [9.17, 15) is 4.79 Å². The highest BCUT2D eigenvalue weighted by atomic mass is 16.5. The fourth-order valence-corrected chi connectivity index (χ4v) is 1.75. The Labute approximate surface area is 122 Å². The summed E-state index contributed by atoms with van der Waals surface area (Å²) in [6, 6.07) is 1.88. The molecule has 0 unspecified atom stereocenters. The number of carbonyl (C=O) groups excluding carboxylic acids is 1. The highest BCUT2D eigenvalue weighted by molar-refractivity contribution is 5.93. The molecule has 1 aliphatic rings. The lowest BCUT2D eigenvalue weighted by Crippen LogP contribution is -2.24. The molecule has 2 heterocycles. The van der Waals surface area contributed by atoms with E-state index in [0.29, 0.717) is 37.4 Å². The number of ether oxygens (including phenoxy) is 1. The molecular weight excluding hydrogens is 270 g/mol. The van der Waals surface area contributed by atoms with Crippen LogP contribution in [-0.4, -0.2) is 40.3 Å². The van der Waals surface area contributed by atoms with Crippen molar-refractivity contribution < 1.29 is 9.53 Å². The van der Waals surface area contributed by atoms with Gasteiger partial charge in [-0.15, -0.1) is 0 Å². The zero-order chi connectivity index (χ0) is 15.1. The van der Waals surface area contributed by atoms with Gasteiger partial charge in [0.1, 0.15) is 6.07 Å². The summed E-state index contributed by atoms with van der Waals surface area (Å²) in [6.07, 6.45) is 6.44. The first-order valence-electron chi connectivity index (χ1n) is 6.57. The van der Waals surface area contributed by atoms with E-state index in [1.807, 2.05) is 6.07 Å². The normalized spacial score (nSPS) is 13.0. The van der Waals surface area contributed by atoms with Crippen molar-refractivity contribution in [2.45, 2.75) is 19.3 Å². The van der Waals surface area contributed by atoms with Gasteiger partial charge >= 0.3 is 0 Å². The zero-order valence-corrected chi connectivity index (χ0v) is 11.5. The van der Waals surface area contributed by atoms with Crippen LogP contribution in [-0.2, 0) is 4.79 Å². The van der Waals surface area contributed by atoms with Crippen LogP contribution in [0.25, 0.3) is 0 Å². The maximum Gasteiger partial charge on any atom is 0.269 e. The molecule has 0 spiro atoms. The summed E-state index contributed by atoms with van der Waals surface area (Å²) in [7, 11) is 0. The molecule has 0 bridgehead atoms. The Morgan fingerprint density at radius 2 is 2.33 bits per heavy atom. The summed E-state index contributed by atoms with van der Waals surface area (Å²) < 4.78 is 5.38. The van der Waals surface area contributed by atoms with Crippen molar-refractivity contribution in [3.8, 4) is 11.9 Å². The summed E-state index contributed by atoms with van der Waals surface area (Å²) >= 11 is 0. The van der Waals surface area contributed by atoms with Crippen LogP contribution >= 0.6 is 0 Å². The molecule has 0 aliphatic carbocycles. The lowest BCUT2D eigenvalue weighted by Gasteiger charge is -2.13. The highest BCUT2D eigenvalue weighted by Gasteiger charge is 2.17. The first-order valence-corrected chi connectivity index (χ1v) is 6.57. The molecule has 0 atom stereocenters. The van der Waals surface area contributed by atoms with Crippen molar-refractivity contribution in [3.05, 3.63) is 30.2 Å². The molecule has 0 aromatic carbocycles. The van der Waals surface area contributed by atoms with Crippen molar-refractivity contribution in [2.24, 2.45) is 5.10 Å². The lowest BCUT2D eigenvalue weighted by atomic mass is 10.1. The van der Waals surface area contributed by atoms with Gasteiger partial charge in [0.2, 0.25) is 5.88 Å². The standard InChI is InChI=1S/C14H15N5O2/c1-11(14(20)19-6-3-5-18-19)4-2-7-21-13-10-16-12(8-15)9-17-13/h5,9-10H,1-4,6-7H2. The van der Waals surface area contributed by atoms with E-state index in [1.165, 1.54) is 17.4 Å². The molecule has 0 saturated carbocycles. The van der Waals surface area contributed by atoms with Crippen LogP contribution in [0, 0.1) is 11.3 Å². The van der Waals surface area contributed by atoms with E-state index in [4.69, 9.17) is 10.00 Å².